The minimum Gasteiger partial charge on any atom is -0.483 e. The molecule has 2 amide bonds. The average Bonchev–Trinajstić information content (AvgIpc) is 2.73. The highest BCUT2D eigenvalue weighted by Gasteiger charge is 2.23. The number of hydrogen-bond donors (Lipinski definition) is 2. The van der Waals surface area contributed by atoms with Crippen molar-refractivity contribution < 1.29 is 14.3 Å². The maximum absolute atomic E-state index is 12.6. The highest BCUT2D eigenvalue weighted by atomic mass is 16.5. The third-order valence-corrected chi connectivity index (χ3v) is 5.24. The predicted octanol–water partition coefficient (Wildman–Crippen LogP) is 3.69. The first-order valence-corrected chi connectivity index (χ1v) is 9.97. The zero-order valence-corrected chi connectivity index (χ0v) is 16.3. The van der Waals surface area contributed by atoms with Crippen LogP contribution in [-0.4, -0.2) is 24.5 Å². The molecule has 2 N–H and O–H groups in total. The van der Waals surface area contributed by atoms with Gasteiger partial charge in [-0.1, -0.05) is 62.2 Å². The summed E-state index contributed by atoms with van der Waals surface area (Å²) in [6.45, 7) is 2.53. The van der Waals surface area contributed by atoms with E-state index in [1.165, 1.54) is 6.42 Å². The van der Waals surface area contributed by atoms with E-state index in [2.05, 4.69) is 17.6 Å². The Balaban J connectivity index is 1.54. The maximum atomic E-state index is 12.6. The minimum atomic E-state index is -0.222. The molecule has 0 spiro atoms. The van der Waals surface area contributed by atoms with Gasteiger partial charge in [-0.15, -0.1) is 0 Å². The highest BCUT2D eigenvalue weighted by Crippen LogP contribution is 2.23. The molecule has 28 heavy (non-hydrogen) atoms. The number of rotatable bonds is 7. The Kier molecular flexibility index (Phi) is 7.06. The van der Waals surface area contributed by atoms with Crippen molar-refractivity contribution >= 4 is 11.8 Å². The molecule has 1 aliphatic carbocycles. The van der Waals surface area contributed by atoms with Gasteiger partial charge < -0.3 is 15.4 Å². The lowest BCUT2D eigenvalue weighted by atomic mass is 9.86. The first kappa shape index (κ1) is 19.9. The minimum absolute atomic E-state index is 0.0911. The van der Waals surface area contributed by atoms with Crippen LogP contribution in [0.4, 0.5) is 0 Å². The van der Waals surface area contributed by atoms with Gasteiger partial charge in [0.25, 0.3) is 11.8 Å². The molecule has 1 fully saturated rings. The lowest BCUT2D eigenvalue weighted by molar-refractivity contribution is -0.124. The Morgan fingerprint density at radius 3 is 2.50 bits per heavy atom. The van der Waals surface area contributed by atoms with E-state index in [1.54, 1.807) is 24.3 Å². The van der Waals surface area contributed by atoms with E-state index >= 15 is 0 Å². The van der Waals surface area contributed by atoms with E-state index in [1.807, 2.05) is 30.3 Å². The van der Waals surface area contributed by atoms with Gasteiger partial charge in [0.1, 0.15) is 5.75 Å². The summed E-state index contributed by atoms with van der Waals surface area (Å²) in [5.41, 5.74) is 1.45. The molecule has 2 aromatic carbocycles. The fraction of sp³-hybridized carbons (Fsp3) is 0.391. The van der Waals surface area contributed by atoms with Gasteiger partial charge in [-0.25, -0.2) is 0 Å². The molecular formula is C23H28N2O3. The Morgan fingerprint density at radius 2 is 1.71 bits per heavy atom. The van der Waals surface area contributed by atoms with Crippen molar-refractivity contribution in [1.29, 1.82) is 0 Å². The van der Waals surface area contributed by atoms with E-state index in [4.69, 9.17) is 4.74 Å². The van der Waals surface area contributed by atoms with Gasteiger partial charge in [0.2, 0.25) is 0 Å². The monoisotopic (exact) mass is 380 g/mol. The van der Waals surface area contributed by atoms with E-state index in [9.17, 15) is 9.59 Å². The number of amides is 2. The van der Waals surface area contributed by atoms with Crippen LogP contribution in [0.25, 0.3) is 0 Å². The van der Waals surface area contributed by atoms with Gasteiger partial charge in [0, 0.05) is 12.6 Å². The van der Waals surface area contributed by atoms with Crippen molar-refractivity contribution in [2.45, 2.75) is 45.2 Å². The van der Waals surface area contributed by atoms with Crippen LogP contribution in [0, 0.1) is 5.92 Å². The lowest BCUT2D eigenvalue weighted by Gasteiger charge is -2.29. The average molecular weight is 380 g/mol. The summed E-state index contributed by atoms with van der Waals surface area (Å²) in [6, 6.07) is 16.9. The zero-order valence-electron chi connectivity index (χ0n) is 16.3. The molecule has 0 aromatic heterocycles. The van der Waals surface area contributed by atoms with Gasteiger partial charge >= 0.3 is 0 Å². The molecule has 0 aliphatic heterocycles. The molecule has 1 aliphatic rings. The molecule has 0 heterocycles. The Morgan fingerprint density at radius 1 is 1.00 bits per heavy atom. The fourth-order valence-corrected chi connectivity index (χ4v) is 3.58. The van der Waals surface area contributed by atoms with E-state index in [0.717, 1.165) is 24.8 Å². The fourth-order valence-electron chi connectivity index (χ4n) is 3.58. The number of para-hydroxylation sites is 1. The van der Waals surface area contributed by atoms with Crippen LogP contribution < -0.4 is 15.4 Å². The molecule has 2 atom stereocenters. The molecule has 0 bridgehead atoms. The maximum Gasteiger partial charge on any atom is 0.258 e. The summed E-state index contributed by atoms with van der Waals surface area (Å²) < 4.78 is 5.68. The van der Waals surface area contributed by atoms with Crippen molar-refractivity contribution in [3.8, 4) is 5.75 Å². The SMILES string of the molecule is C[C@H]1CCCC[C@H]1NC(=O)COc1ccccc1C(=O)NCc1ccccc1. The van der Waals surface area contributed by atoms with E-state index < -0.39 is 0 Å². The number of hydrogen-bond acceptors (Lipinski definition) is 3. The van der Waals surface area contributed by atoms with Crippen molar-refractivity contribution in [3.63, 3.8) is 0 Å². The standard InChI is InChI=1S/C23H28N2O3/c1-17-9-5-7-13-20(17)25-22(26)16-28-21-14-8-6-12-19(21)23(27)24-15-18-10-3-2-4-11-18/h2-4,6,8,10-12,14,17,20H,5,7,9,13,15-16H2,1H3,(H,24,27)(H,25,26)/t17-,20+/m0/s1. The summed E-state index contributed by atoms with van der Waals surface area (Å²) in [7, 11) is 0. The van der Waals surface area contributed by atoms with Gasteiger partial charge in [-0.2, -0.15) is 0 Å². The molecule has 5 heteroatoms. The van der Waals surface area contributed by atoms with Crippen LogP contribution in [0.1, 0.15) is 48.5 Å². The first-order valence-electron chi connectivity index (χ1n) is 9.97. The quantitative estimate of drug-likeness (QED) is 0.770. The van der Waals surface area contributed by atoms with Crippen LogP contribution in [0.2, 0.25) is 0 Å². The van der Waals surface area contributed by atoms with Gasteiger partial charge in [0.15, 0.2) is 6.61 Å². The lowest BCUT2D eigenvalue weighted by Crippen LogP contribution is -2.43. The molecule has 148 valence electrons. The van der Waals surface area contributed by atoms with Crippen LogP contribution >= 0.6 is 0 Å². The molecular weight excluding hydrogens is 352 g/mol. The van der Waals surface area contributed by atoms with Crippen LogP contribution in [0.5, 0.6) is 5.75 Å². The summed E-state index contributed by atoms with van der Waals surface area (Å²) in [5, 5.41) is 5.97. The predicted molar refractivity (Wildman–Crippen MR) is 109 cm³/mol. The second-order valence-corrected chi connectivity index (χ2v) is 7.39. The number of carbonyl (C=O) groups is 2. The first-order chi connectivity index (χ1) is 13.6. The Labute approximate surface area is 166 Å². The Hall–Kier alpha value is -2.82. The van der Waals surface area contributed by atoms with Crippen molar-refractivity contribution in [3.05, 3.63) is 65.7 Å². The van der Waals surface area contributed by atoms with E-state index in [-0.39, 0.29) is 24.5 Å². The third-order valence-electron chi connectivity index (χ3n) is 5.24. The number of ether oxygens (including phenoxy) is 1. The normalized spacial score (nSPS) is 18.9. The summed E-state index contributed by atoms with van der Waals surface area (Å²) in [4.78, 5) is 24.8. The van der Waals surface area contributed by atoms with Crippen molar-refractivity contribution in [1.82, 2.24) is 10.6 Å². The molecule has 0 radical (unpaired) electrons. The molecule has 0 saturated heterocycles. The second-order valence-electron chi connectivity index (χ2n) is 7.39. The summed E-state index contributed by atoms with van der Waals surface area (Å²) >= 11 is 0. The summed E-state index contributed by atoms with van der Waals surface area (Å²) in [6.07, 6.45) is 4.55. The van der Waals surface area contributed by atoms with Gasteiger partial charge in [-0.05, 0) is 36.5 Å². The highest BCUT2D eigenvalue weighted by molar-refractivity contribution is 5.97. The van der Waals surface area contributed by atoms with Crippen molar-refractivity contribution in [2.75, 3.05) is 6.61 Å². The van der Waals surface area contributed by atoms with Gasteiger partial charge in [-0.3, -0.25) is 9.59 Å². The molecule has 3 rings (SSSR count). The topological polar surface area (TPSA) is 67.4 Å². The van der Waals surface area contributed by atoms with E-state index in [0.29, 0.717) is 23.8 Å². The largest absolute Gasteiger partial charge is 0.483 e. The smallest absolute Gasteiger partial charge is 0.258 e. The third kappa shape index (κ3) is 5.59. The number of nitrogens with one attached hydrogen (secondary N) is 2. The molecule has 5 nitrogen and oxygen atoms in total. The molecule has 0 unspecified atom stereocenters. The Bertz CT molecular complexity index is 791. The number of benzene rings is 2. The van der Waals surface area contributed by atoms with Crippen LogP contribution in [-0.2, 0) is 11.3 Å². The van der Waals surface area contributed by atoms with Crippen molar-refractivity contribution in [2.24, 2.45) is 5.92 Å². The summed E-state index contributed by atoms with van der Waals surface area (Å²) in [5.74, 6) is 0.549. The number of carbonyl (C=O) groups excluding carboxylic acids is 2. The zero-order chi connectivity index (χ0) is 19.8. The molecule has 2 aromatic rings. The molecule has 1 saturated carbocycles. The second kappa shape index (κ2) is 9.93. The van der Waals surface area contributed by atoms with Crippen LogP contribution in [0.3, 0.4) is 0 Å². The van der Waals surface area contributed by atoms with Gasteiger partial charge in [0.05, 0.1) is 5.56 Å². The van der Waals surface area contributed by atoms with Crippen LogP contribution in [0.15, 0.2) is 54.6 Å².